The van der Waals surface area contributed by atoms with E-state index in [0.29, 0.717) is 36.5 Å². The lowest BCUT2D eigenvalue weighted by atomic mass is 10.1. The molecule has 2 aliphatic rings. The molecule has 0 radical (unpaired) electrons. The maximum atomic E-state index is 11.4. The predicted molar refractivity (Wildman–Crippen MR) is 70.5 cm³/mol. The van der Waals surface area contributed by atoms with Crippen LogP contribution in [0.3, 0.4) is 0 Å². The number of aryl methyl sites for hydroxylation is 1. The fraction of sp³-hybridized carbons (Fsp3) is 0.750. The van der Waals surface area contributed by atoms with Gasteiger partial charge >= 0.3 is 0 Å². The fourth-order valence-electron chi connectivity index (χ4n) is 2.70. The number of sulfone groups is 1. The van der Waals surface area contributed by atoms with Crippen molar-refractivity contribution >= 4 is 9.84 Å². The average molecular weight is 285 g/mol. The molecule has 6 nitrogen and oxygen atoms in total. The summed E-state index contributed by atoms with van der Waals surface area (Å²) in [6, 6.07) is 0.503. The van der Waals surface area contributed by atoms with Gasteiger partial charge in [0.05, 0.1) is 17.2 Å². The van der Waals surface area contributed by atoms with E-state index in [2.05, 4.69) is 14.8 Å². The summed E-state index contributed by atoms with van der Waals surface area (Å²) in [5.41, 5.74) is 0.970. The van der Waals surface area contributed by atoms with Crippen molar-refractivity contribution in [2.24, 2.45) is 0 Å². The Morgan fingerprint density at radius 2 is 2.05 bits per heavy atom. The minimum Gasteiger partial charge on any atom is -0.449 e. The van der Waals surface area contributed by atoms with Crippen LogP contribution in [0.2, 0.25) is 0 Å². The molecule has 2 saturated heterocycles. The van der Waals surface area contributed by atoms with Gasteiger partial charge in [-0.1, -0.05) is 0 Å². The van der Waals surface area contributed by atoms with Crippen LogP contribution in [0.5, 0.6) is 0 Å². The van der Waals surface area contributed by atoms with Crippen LogP contribution in [0.25, 0.3) is 0 Å². The van der Waals surface area contributed by atoms with Gasteiger partial charge in [0.15, 0.2) is 15.7 Å². The number of oxazole rings is 1. The van der Waals surface area contributed by atoms with Crippen molar-refractivity contribution in [3.8, 4) is 0 Å². The second-order valence-corrected chi connectivity index (χ2v) is 7.70. The van der Waals surface area contributed by atoms with Gasteiger partial charge < -0.3 is 4.42 Å². The van der Waals surface area contributed by atoms with Gasteiger partial charge in [-0.25, -0.2) is 13.4 Å². The lowest BCUT2D eigenvalue weighted by molar-refractivity contribution is 0.0326. The fourth-order valence-corrected chi connectivity index (χ4v) is 3.93. The number of likely N-dealkylation sites (tertiary alicyclic amines) is 1. The van der Waals surface area contributed by atoms with Crippen LogP contribution in [-0.2, 0) is 16.4 Å². The third kappa shape index (κ3) is 2.98. The van der Waals surface area contributed by atoms with Gasteiger partial charge in [-0.3, -0.25) is 9.80 Å². The highest BCUT2D eigenvalue weighted by molar-refractivity contribution is 7.91. The summed E-state index contributed by atoms with van der Waals surface area (Å²) in [6.45, 7) is 6.02. The minimum absolute atomic E-state index is 0.311. The summed E-state index contributed by atoms with van der Waals surface area (Å²) in [6.07, 6.45) is 1.70. The molecule has 106 valence electrons. The molecule has 3 rings (SSSR count). The number of hydrogen-bond acceptors (Lipinski definition) is 6. The molecule has 0 unspecified atom stereocenters. The molecule has 3 heterocycles. The van der Waals surface area contributed by atoms with E-state index in [0.717, 1.165) is 25.3 Å². The van der Waals surface area contributed by atoms with Crippen molar-refractivity contribution in [2.45, 2.75) is 19.5 Å². The van der Waals surface area contributed by atoms with Crippen molar-refractivity contribution in [1.82, 2.24) is 14.8 Å². The molecule has 0 saturated carbocycles. The summed E-state index contributed by atoms with van der Waals surface area (Å²) < 4.78 is 27.9. The van der Waals surface area contributed by atoms with Gasteiger partial charge in [0.25, 0.3) is 0 Å². The number of hydrogen-bond donors (Lipinski definition) is 0. The molecule has 0 aromatic carbocycles. The highest BCUT2D eigenvalue weighted by Crippen LogP contribution is 2.19. The summed E-state index contributed by atoms with van der Waals surface area (Å²) in [7, 11) is -2.77. The zero-order chi connectivity index (χ0) is 13.5. The maximum Gasteiger partial charge on any atom is 0.191 e. The van der Waals surface area contributed by atoms with E-state index in [1.165, 1.54) is 0 Å². The van der Waals surface area contributed by atoms with E-state index in [4.69, 9.17) is 4.42 Å². The molecule has 1 aromatic heterocycles. The van der Waals surface area contributed by atoms with Crippen LogP contribution in [0.1, 0.15) is 11.6 Å². The molecule has 0 aliphatic carbocycles. The second kappa shape index (κ2) is 4.88. The van der Waals surface area contributed by atoms with Crippen molar-refractivity contribution in [2.75, 3.05) is 37.7 Å². The topological polar surface area (TPSA) is 66.7 Å². The van der Waals surface area contributed by atoms with Crippen LogP contribution >= 0.6 is 0 Å². The van der Waals surface area contributed by atoms with E-state index in [1.54, 1.807) is 6.26 Å². The Balaban J connectivity index is 1.45. The van der Waals surface area contributed by atoms with Crippen LogP contribution in [0.15, 0.2) is 10.7 Å². The molecule has 0 N–H and O–H groups in total. The highest BCUT2D eigenvalue weighted by Gasteiger charge is 2.34. The molecule has 1 aromatic rings. The Bertz CT molecular complexity index is 534. The lowest BCUT2D eigenvalue weighted by Gasteiger charge is -2.46. The zero-order valence-corrected chi connectivity index (χ0v) is 11.9. The van der Waals surface area contributed by atoms with Gasteiger partial charge in [-0.05, 0) is 0 Å². The van der Waals surface area contributed by atoms with Crippen LogP contribution in [0.4, 0.5) is 0 Å². The standard InChI is InChI=1S/C12H19N3O3S/c1-10-13-11(9-18-10)6-14-7-12(8-14)15-2-4-19(16,17)5-3-15/h9,12H,2-8H2,1H3. The third-order valence-electron chi connectivity index (χ3n) is 3.89. The Morgan fingerprint density at radius 1 is 1.37 bits per heavy atom. The van der Waals surface area contributed by atoms with E-state index in [9.17, 15) is 8.42 Å². The first kappa shape index (κ1) is 13.1. The Hall–Kier alpha value is -0.920. The minimum atomic E-state index is -2.77. The van der Waals surface area contributed by atoms with Gasteiger partial charge in [-0.15, -0.1) is 0 Å². The smallest absolute Gasteiger partial charge is 0.191 e. The molecular weight excluding hydrogens is 266 g/mol. The predicted octanol–water partition coefficient (Wildman–Crippen LogP) is -0.102. The average Bonchev–Trinajstić information content (AvgIpc) is 2.70. The molecule has 2 aliphatic heterocycles. The van der Waals surface area contributed by atoms with Gasteiger partial charge in [0.2, 0.25) is 0 Å². The number of nitrogens with zero attached hydrogens (tertiary/aromatic N) is 3. The first-order valence-corrected chi connectivity index (χ1v) is 8.42. The summed E-state index contributed by atoms with van der Waals surface area (Å²) in [4.78, 5) is 8.90. The van der Waals surface area contributed by atoms with Crippen molar-refractivity contribution in [3.63, 3.8) is 0 Å². The molecular formula is C12H19N3O3S. The highest BCUT2D eigenvalue weighted by atomic mass is 32.2. The maximum absolute atomic E-state index is 11.4. The Labute approximate surface area is 113 Å². The van der Waals surface area contributed by atoms with Crippen LogP contribution in [0, 0.1) is 6.92 Å². The van der Waals surface area contributed by atoms with Gasteiger partial charge in [0, 0.05) is 45.7 Å². The van der Waals surface area contributed by atoms with E-state index in [-0.39, 0.29) is 0 Å². The number of rotatable bonds is 3. The monoisotopic (exact) mass is 285 g/mol. The summed E-state index contributed by atoms with van der Waals surface area (Å²) >= 11 is 0. The van der Waals surface area contributed by atoms with Gasteiger partial charge in [0.1, 0.15) is 6.26 Å². The third-order valence-corrected chi connectivity index (χ3v) is 5.49. The SMILES string of the molecule is Cc1nc(CN2CC(N3CCS(=O)(=O)CC3)C2)co1. The summed E-state index contributed by atoms with van der Waals surface area (Å²) in [5.74, 6) is 1.33. The van der Waals surface area contributed by atoms with Gasteiger partial charge in [-0.2, -0.15) is 0 Å². The Kier molecular flexibility index (Phi) is 3.36. The largest absolute Gasteiger partial charge is 0.449 e. The normalized spacial score (nSPS) is 25.3. The molecule has 7 heteroatoms. The molecule has 2 fully saturated rings. The molecule has 0 bridgehead atoms. The first-order chi connectivity index (χ1) is 9.02. The van der Waals surface area contributed by atoms with E-state index >= 15 is 0 Å². The Morgan fingerprint density at radius 3 is 2.63 bits per heavy atom. The van der Waals surface area contributed by atoms with E-state index in [1.807, 2.05) is 6.92 Å². The zero-order valence-electron chi connectivity index (χ0n) is 11.1. The quantitative estimate of drug-likeness (QED) is 0.772. The molecule has 19 heavy (non-hydrogen) atoms. The summed E-state index contributed by atoms with van der Waals surface area (Å²) in [5, 5.41) is 0. The lowest BCUT2D eigenvalue weighted by Crippen LogP contribution is -2.61. The van der Waals surface area contributed by atoms with Crippen LogP contribution in [-0.4, -0.2) is 66.9 Å². The van der Waals surface area contributed by atoms with E-state index < -0.39 is 9.84 Å². The van der Waals surface area contributed by atoms with Crippen molar-refractivity contribution in [1.29, 1.82) is 0 Å². The van der Waals surface area contributed by atoms with Crippen molar-refractivity contribution < 1.29 is 12.8 Å². The first-order valence-electron chi connectivity index (χ1n) is 6.60. The molecule has 0 spiro atoms. The molecule has 0 atom stereocenters. The molecule has 0 amide bonds. The van der Waals surface area contributed by atoms with Crippen molar-refractivity contribution in [3.05, 3.63) is 17.8 Å². The number of aromatic nitrogens is 1. The van der Waals surface area contributed by atoms with Crippen LogP contribution < -0.4 is 0 Å². The second-order valence-electron chi connectivity index (χ2n) is 5.39.